The van der Waals surface area contributed by atoms with Crippen molar-refractivity contribution < 1.29 is 4.42 Å². The monoisotopic (exact) mass is 175 g/mol. The maximum absolute atomic E-state index is 8.75. The molecule has 0 aliphatic carbocycles. The molecule has 0 saturated carbocycles. The van der Waals surface area contributed by atoms with Crippen molar-refractivity contribution in [3.63, 3.8) is 0 Å². The van der Waals surface area contributed by atoms with Gasteiger partial charge in [-0.1, -0.05) is 0 Å². The Morgan fingerprint density at radius 1 is 1.69 bits per heavy atom. The summed E-state index contributed by atoms with van der Waals surface area (Å²) in [6.07, 6.45) is 6.69. The van der Waals surface area contributed by atoms with Crippen LogP contribution in [0.25, 0.3) is 0 Å². The molecule has 1 aliphatic rings. The van der Waals surface area contributed by atoms with Crippen LogP contribution >= 0.6 is 0 Å². The summed E-state index contributed by atoms with van der Waals surface area (Å²) < 4.78 is 4.94. The Morgan fingerprint density at radius 2 is 2.62 bits per heavy atom. The molecule has 13 heavy (non-hydrogen) atoms. The highest BCUT2D eigenvalue weighted by molar-refractivity contribution is 5.11. The molecule has 2 heterocycles. The molecule has 1 aromatic heterocycles. The summed E-state index contributed by atoms with van der Waals surface area (Å²) in [4.78, 5) is 1.91. The number of nitrogens with one attached hydrogen (secondary N) is 1. The zero-order valence-corrected chi connectivity index (χ0v) is 6.97. The lowest BCUT2D eigenvalue weighted by Gasteiger charge is -2.18. The van der Waals surface area contributed by atoms with Crippen molar-refractivity contribution in [2.24, 2.45) is 0 Å². The van der Waals surface area contributed by atoms with Gasteiger partial charge >= 0.3 is 0 Å². The maximum atomic E-state index is 8.75. The van der Waals surface area contributed by atoms with Crippen LogP contribution in [0.15, 0.2) is 35.4 Å². The average Bonchev–Trinajstić information content (AvgIpc) is 2.76. The van der Waals surface area contributed by atoms with Gasteiger partial charge < -0.3 is 14.6 Å². The van der Waals surface area contributed by atoms with Gasteiger partial charge in [0.15, 0.2) is 6.17 Å². The first-order valence-corrected chi connectivity index (χ1v) is 3.99. The predicted molar refractivity (Wildman–Crippen MR) is 45.9 cm³/mol. The average molecular weight is 175 g/mol. The minimum Gasteiger partial charge on any atom is -0.472 e. The third-order valence-electron chi connectivity index (χ3n) is 1.92. The van der Waals surface area contributed by atoms with Gasteiger partial charge in [-0.2, -0.15) is 5.26 Å². The zero-order chi connectivity index (χ0) is 9.10. The molecule has 1 unspecified atom stereocenters. The Bertz CT molecular complexity index is 336. The molecule has 4 nitrogen and oxygen atoms in total. The third-order valence-corrected chi connectivity index (χ3v) is 1.92. The summed E-state index contributed by atoms with van der Waals surface area (Å²) in [7, 11) is 0. The molecular formula is C9H9N3O. The first-order valence-electron chi connectivity index (χ1n) is 3.99. The molecular weight excluding hydrogens is 166 g/mol. The van der Waals surface area contributed by atoms with E-state index < -0.39 is 0 Å². The fourth-order valence-corrected chi connectivity index (χ4v) is 1.26. The smallest absolute Gasteiger partial charge is 0.189 e. The lowest BCUT2D eigenvalue weighted by molar-refractivity contribution is 0.323. The Balaban J connectivity index is 2.03. The SMILES string of the molecule is N#CC1NC=CN1Cc1ccoc1. The van der Waals surface area contributed by atoms with Crippen molar-refractivity contribution in [1.82, 2.24) is 10.2 Å². The number of rotatable bonds is 2. The largest absolute Gasteiger partial charge is 0.472 e. The third kappa shape index (κ3) is 1.49. The van der Waals surface area contributed by atoms with Crippen molar-refractivity contribution >= 4 is 0 Å². The van der Waals surface area contributed by atoms with Crippen LogP contribution in [0.2, 0.25) is 0 Å². The zero-order valence-electron chi connectivity index (χ0n) is 6.97. The summed E-state index contributed by atoms with van der Waals surface area (Å²) in [5.74, 6) is 0. The van der Waals surface area contributed by atoms with Gasteiger partial charge in [0, 0.05) is 24.5 Å². The highest BCUT2D eigenvalue weighted by Crippen LogP contribution is 2.10. The lowest BCUT2D eigenvalue weighted by atomic mass is 10.3. The van der Waals surface area contributed by atoms with Gasteiger partial charge in [-0.3, -0.25) is 0 Å². The highest BCUT2D eigenvalue weighted by atomic mass is 16.3. The highest BCUT2D eigenvalue weighted by Gasteiger charge is 2.17. The molecule has 66 valence electrons. The fourth-order valence-electron chi connectivity index (χ4n) is 1.26. The van der Waals surface area contributed by atoms with Gasteiger partial charge in [0.2, 0.25) is 0 Å². The van der Waals surface area contributed by atoms with Crippen LogP contribution in [0.1, 0.15) is 5.56 Å². The molecule has 2 rings (SSSR count). The van der Waals surface area contributed by atoms with Crippen LogP contribution in [0.4, 0.5) is 0 Å². The van der Waals surface area contributed by atoms with Gasteiger partial charge in [-0.15, -0.1) is 0 Å². The quantitative estimate of drug-likeness (QED) is 0.728. The molecule has 0 spiro atoms. The van der Waals surface area contributed by atoms with Gasteiger partial charge in [0.25, 0.3) is 0 Å². The lowest BCUT2D eigenvalue weighted by Crippen LogP contribution is -2.32. The number of nitriles is 1. The van der Waals surface area contributed by atoms with Crippen LogP contribution in [-0.2, 0) is 6.54 Å². The Labute approximate surface area is 76.1 Å². The summed E-state index contributed by atoms with van der Waals surface area (Å²) >= 11 is 0. The van der Waals surface area contributed by atoms with E-state index in [2.05, 4.69) is 11.4 Å². The van der Waals surface area contributed by atoms with E-state index in [1.807, 2.05) is 17.2 Å². The first kappa shape index (κ1) is 7.74. The number of furan rings is 1. The molecule has 4 heteroatoms. The summed E-state index contributed by atoms with van der Waals surface area (Å²) in [6, 6.07) is 4.04. The van der Waals surface area contributed by atoms with Gasteiger partial charge in [-0.25, -0.2) is 0 Å². The minimum absolute atomic E-state index is 0.255. The van der Waals surface area contributed by atoms with E-state index in [0.717, 1.165) is 5.56 Å². The summed E-state index contributed by atoms with van der Waals surface area (Å²) in [5, 5.41) is 11.7. The van der Waals surface area contributed by atoms with Crippen LogP contribution in [0, 0.1) is 11.3 Å². The Hall–Kier alpha value is -1.89. The second-order valence-electron chi connectivity index (χ2n) is 2.82. The maximum Gasteiger partial charge on any atom is 0.189 e. The van der Waals surface area contributed by atoms with Crippen molar-refractivity contribution in [1.29, 1.82) is 5.26 Å². The topological polar surface area (TPSA) is 52.2 Å². The van der Waals surface area contributed by atoms with Crippen LogP contribution in [0.5, 0.6) is 0 Å². The molecule has 1 aliphatic heterocycles. The fraction of sp³-hybridized carbons (Fsp3) is 0.222. The molecule has 1 atom stereocenters. The normalized spacial score (nSPS) is 19.9. The molecule has 0 aromatic carbocycles. The van der Waals surface area contributed by atoms with E-state index in [1.165, 1.54) is 0 Å². The van der Waals surface area contributed by atoms with E-state index in [1.54, 1.807) is 18.7 Å². The second kappa shape index (κ2) is 3.23. The van der Waals surface area contributed by atoms with Gasteiger partial charge in [-0.05, 0) is 6.07 Å². The van der Waals surface area contributed by atoms with E-state index in [0.29, 0.717) is 6.54 Å². The predicted octanol–water partition coefficient (Wildman–Crippen LogP) is 1.01. The standard InChI is InChI=1S/C9H9N3O/c10-5-9-11-2-3-12(9)6-8-1-4-13-7-8/h1-4,7,9,11H,6H2. The van der Waals surface area contributed by atoms with E-state index in [4.69, 9.17) is 9.68 Å². The molecule has 0 amide bonds. The van der Waals surface area contributed by atoms with Crippen molar-refractivity contribution in [3.05, 3.63) is 36.6 Å². The van der Waals surface area contributed by atoms with E-state index in [9.17, 15) is 0 Å². The van der Waals surface area contributed by atoms with E-state index in [-0.39, 0.29) is 6.17 Å². The molecule has 0 fully saturated rings. The minimum atomic E-state index is -0.255. The van der Waals surface area contributed by atoms with Crippen molar-refractivity contribution in [2.45, 2.75) is 12.7 Å². The molecule has 0 saturated heterocycles. The molecule has 1 N–H and O–H groups in total. The van der Waals surface area contributed by atoms with Crippen LogP contribution in [0.3, 0.4) is 0 Å². The molecule has 0 radical (unpaired) electrons. The molecule has 0 bridgehead atoms. The summed E-state index contributed by atoms with van der Waals surface area (Å²) in [5.41, 5.74) is 1.06. The van der Waals surface area contributed by atoms with Crippen LogP contribution in [-0.4, -0.2) is 11.1 Å². The second-order valence-corrected chi connectivity index (χ2v) is 2.82. The number of hydrogen-bond acceptors (Lipinski definition) is 4. The van der Waals surface area contributed by atoms with Crippen molar-refractivity contribution in [2.75, 3.05) is 0 Å². The Morgan fingerprint density at radius 3 is 3.31 bits per heavy atom. The Kier molecular flexibility index (Phi) is 1.93. The summed E-state index contributed by atoms with van der Waals surface area (Å²) in [6.45, 7) is 0.693. The number of hydrogen-bond donors (Lipinski definition) is 1. The van der Waals surface area contributed by atoms with Crippen LogP contribution < -0.4 is 5.32 Å². The number of nitrogens with zero attached hydrogens (tertiary/aromatic N) is 2. The van der Waals surface area contributed by atoms with Crippen molar-refractivity contribution in [3.8, 4) is 6.07 Å². The van der Waals surface area contributed by atoms with Gasteiger partial charge in [0.05, 0.1) is 12.5 Å². The van der Waals surface area contributed by atoms with E-state index >= 15 is 0 Å². The first-order chi connectivity index (χ1) is 6.40. The van der Waals surface area contributed by atoms with Gasteiger partial charge in [0.1, 0.15) is 6.07 Å². The molecule has 1 aromatic rings.